The minimum absolute atomic E-state index is 0.582. The first-order chi connectivity index (χ1) is 7.70. The zero-order valence-electron chi connectivity index (χ0n) is 9.42. The van der Waals surface area contributed by atoms with Gasteiger partial charge in [0.15, 0.2) is 0 Å². The lowest BCUT2D eigenvalue weighted by atomic mass is 9.98. The van der Waals surface area contributed by atoms with E-state index in [4.69, 9.17) is 0 Å². The van der Waals surface area contributed by atoms with E-state index in [0.29, 0.717) is 5.92 Å². The quantitative estimate of drug-likeness (QED) is 0.527. The molecule has 0 aromatic heterocycles. The van der Waals surface area contributed by atoms with Crippen molar-refractivity contribution in [1.29, 1.82) is 0 Å². The molecule has 0 nitrogen and oxygen atoms in total. The van der Waals surface area contributed by atoms with E-state index in [0.717, 1.165) is 5.56 Å². The van der Waals surface area contributed by atoms with Gasteiger partial charge in [-0.05, 0) is 38.3 Å². The average Bonchev–Trinajstić information content (AvgIpc) is 2.28. The van der Waals surface area contributed by atoms with E-state index >= 15 is 0 Å². The molecule has 0 aliphatic rings. The SMILES string of the molecule is CC(C)c1ccc2cc(C#CI)ccc2c1. The lowest BCUT2D eigenvalue weighted by Gasteiger charge is -2.07. The Kier molecular flexibility index (Phi) is 3.50. The highest BCUT2D eigenvalue weighted by molar-refractivity contribution is 14.1. The van der Waals surface area contributed by atoms with Crippen molar-refractivity contribution in [3.63, 3.8) is 0 Å². The predicted octanol–water partition coefficient (Wildman–Crippen LogP) is 4.71. The summed E-state index contributed by atoms with van der Waals surface area (Å²) < 4.78 is 2.90. The van der Waals surface area contributed by atoms with Crippen LogP contribution in [0.1, 0.15) is 30.9 Å². The molecule has 0 saturated carbocycles. The van der Waals surface area contributed by atoms with E-state index in [2.05, 4.69) is 82.7 Å². The molecule has 0 atom stereocenters. The van der Waals surface area contributed by atoms with Crippen molar-refractivity contribution in [3.8, 4) is 9.85 Å². The van der Waals surface area contributed by atoms with Crippen molar-refractivity contribution in [3.05, 3.63) is 47.5 Å². The van der Waals surface area contributed by atoms with Crippen LogP contribution >= 0.6 is 22.6 Å². The molecule has 0 bridgehead atoms. The average molecular weight is 320 g/mol. The van der Waals surface area contributed by atoms with Crippen molar-refractivity contribution in [1.82, 2.24) is 0 Å². The van der Waals surface area contributed by atoms with E-state index in [1.807, 2.05) is 0 Å². The van der Waals surface area contributed by atoms with Gasteiger partial charge < -0.3 is 0 Å². The fourth-order valence-corrected chi connectivity index (χ4v) is 2.07. The molecule has 0 fully saturated rings. The standard InChI is InChI=1S/C15H13I/c1-11(2)13-5-6-14-9-12(7-8-16)3-4-15(14)10-13/h3-6,9-11H,1-2H3. The highest BCUT2D eigenvalue weighted by atomic mass is 127. The van der Waals surface area contributed by atoms with Gasteiger partial charge in [0.1, 0.15) is 0 Å². The highest BCUT2D eigenvalue weighted by Crippen LogP contribution is 2.22. The molecule has 0 unspecified atom stereocenters. The van der Waals surface area contributed by atoms with Crippen molar-refractivity contribution in [2.75, 3.05) is 0 Å². The van der Waals surface area contributed by atoms with E-state index in [-0.39, 0.29) is 0 Å². The van der Waals surface area contributed by atoms with E-state index in [1.54, 1.807) is 0 Å². The minimum Gasteiger partial charge on any atom is -0.0587 e. The molecule has 0 N–H and O–H groups in total. The molecular formula is C15H13I. The van der Waals surface area contributed by atoms with E-state index in [1.165, 1.54) is 16.3 Å². The largest absolute Gasteiger partial charge is 0.0587 e. The molecule has 80 valence electrons. The third-order valence-corrected chi connectivity index (χ3v) is 2.99. The monoisotopic (exact) mass is 320 g/mol. The molecule has 0 spiro atoms. The van der Waals surface area contributed by atoms with Gasteiger partial charge >= 0.3 is 0 Å². The lowest BCUT2D eigenvalue weighted by Crippen LogP contribution is -1.86. The van der Waals surface area contributed by atoms with Crippen LogP contribution in [0.15, 0.2) is 36.4 Å². The van der Waals surface area contributed by atoms with Crippen LogP contribution in [0.4, 0.5) is 0 Å². The molecule has 1 heteroatoms. The van der Waals surface area contributed by atoms with Crippen LogP contribution in [-0.4, -0.2) is 0 Å². The first-order valence-corrected chi connectivity index (χ1v) is 6.44. The van der Waals surface area contributed by atoms with Crippen LogP contribution in [0.25, 0.3) is 10.8 Å². The molecule has 2 aromatic carbocycles. The molecule has 0 heterocycles. The fourth-order valence-electron chi connectivity index (χ4n) is 1.76. The molecule has 0 amide bonds. The van der Waals surface area contributed by atoms with Gasteiger partial charge in [-0.3, -0.25) is 0 Å². The van der Waals surface area contributed by atoms with Crippen LogP contribution in [-0.2, 0) is 0 Å². The van der Waals surface area contributed by atoms with Crippen LogP contribution in [0, 0.1) is 9.85 Å². The zero-order chi connectivity index (χ0) is 11.5. The lowest BCUT2D eigenvalue weighted by molar-refractivity contribution is 0.869. The van der Waals surface area contributed by atoms with Gasteiger partial charge in [-0.2, -0.15) is 0 Å². The summed E-state index contributed by atoms with van der Waals surface area (Å²) >= 11 is 2.07. The smallest absolute Gasteiger partial charge is 0.0259 e. The Balaban J connectivity index is 2.55. The highest BCUT2D eigenvalue weighted by Gasteiger charge is 2.00. The third kappa shape index (κ3) is 2.38. The summed E-state index contributed by atoms with van der Waals surface area (Å²) in [5.74, 6) is 3.66. The molecule has 16 heavy (non-hydrogen) atoms. The van der Waals surface area contributed by atoms with Crippen molar-refractivity contribution in [2.45, 2.75) is 19.8 Å². The van der Waals surface area contributed by atoms with E-state index in [9.17, 15) is 0 Å². The maximum absolute atomic E-state index is 3.07. The minimum atomic E-state index is 0.582. The van der Waals surface area contributed by atoms with Crippen molar-refractivity contribution >= 4 is 33.4 Å². The molecule has 0 aliphatic heterocycles. The predicted molar refractivity (Wildman–Crippen MR) is 78.9 cm³/mol. The van der Waals surface area contributed by atoms with Crippen molar-refractivity contribution < 1.29 is 0 Å². The number of rotatable bonds is 1. The zero-order valence-corrected chi connectivity index (χ0v) is 11.6. The second-order valence-electron chi connectivity index (χ2n) is 4.20. The van der Waals surface area contributed by atoms with Gasteiger partial charge in [0.25, 0.3) is 0 Å². The fraction of sp³-hybridized carbons (Fsp3) is 0.200. The van der Waals surface area contributed by atoms with Crippen LogP contribution in [0.2, 0.25) is 0 Å². The summed E-state index contributed by atoms with van der Waals surface area (Å²) in [7, 11) is 0. The Hall–Kier alpha value is -1.01. The maximum atomic E-state index is 3.07. The summed E-state index contributed by atoms with van der Waals surface area (Å²) in [4.78, 5) is 0. The van der Waals surface area contributed by atoms with Crippen LogP contribution < -0.4 is 0 Å². The second-order valence-corrected chi connectivity index (χ2v) is 4.73. The summed E-state index contributed by atoms with van der Waals surface area (Å²) in [5, 5.41) is 2.56. The first-order valence-electron chi connectivity index (χ1n) is 5.36. The van der Waals surface area contributed by atoms with E-state index < -0.39 is 0 Å². The molecule has 0 aliphatic carbocycles. The molecule has 0 saturated heterocycles. The number of halogens is 1. The maximum Gasteiger partial charge on any atom is 0.0259 e. The molecule has 0 radical (unpaired) electrons. The van der Waals surface area contributed by atoms with Gasteiger partial charge in [-0.15, -0.1) is 0 Å². The van der Waals surface area contributed by atoms with Crippen LogP contribution in [0.3, 0.4) is 0 Å². The summed E-state index contributed by atoms with van der Waals surface area (Å²) in [6.45, 7) is 4.44. The number of benzene rings is 2. The van der Waals surface area contributed by atoms with Gasteiger partial charge in [0.05, 0.1) is 0 Å². The first kappa shape index (κ1) is 11.5. The third-order valence-electron chi connectivity index (χ3n) is 2.72. The van der Waals surface area contributed by atoms with Gasteiger partial charge in [0.2, 0.25) is 0 Å². The second kappa shape index (κ2) is 4.88. The van der Waals surface area contributed by atoms with Gasteiger partial charge in [-0.25, -0.2) is 0 Å². The van der Waals surface area contributed by atoms with Crippen molar-refractivity contribution in [2.24, 2.45) is 0 Å². The Bertz CT molecular complexity index is 571. The molecular weight excluding hydrogens is 307 g/mol. The Morgan fingerprint density at radius 1 is 1.00 bits per heavy atom. The Labute approximate surface area is 110 Å². The summed E-state index contributed by atoms with van der Waals surface area (Å²) in [6, 6.07) is 13.0. The van der Waals surface area contributed by atoms with Gasteiger partial charge in [0, 0.05) is 28.2 Å². The molecule has 2 rings (SSSR count). The Morgan fingerprint density at radius 3 is 2.38 bits per heavy atom. The topological polar surface area (TPSA) is 0 Å². The van der Waals surface area contributed by atoms with Crippen LogP contribution in [0.5, 0.6) is 0 Å². The molecule has 2 aromatic rings. The number of hydrogen-bond donors (Lipinski definition) is 0. The number of fused-ring (bicyclic) bond motifs is 1. The summed E-state index contributed by atoms with van der Waals surface area (Å²) in [5.41, 5.74) is 2.47. The Morgan fingerprint density at radius 2 is 1.69 bits per heavy atom. The number of hydrogen-bond acceptors (Lipinski definition) is 0. The summed E-state index contributed by atoms with van der Waals surface area (Å²) in [6.07, 6.45) is 0. The normalized spacial score (nSPS) is 10.2. The van der Waals surface area contributed by atoms with Gasteiger partial charge in [-0.1, -0.05) is 44.0 Å².